The van der Waals surface area contributed by atoms with Crippen LogP contribution in [-0.2, 0) is 17.5 Å². The lowest BCUT2D eigenvalue weighted by Crippen LogP contribution is -2.20. The van der Waals surface area contributed by atoms with Crippen LogP contribution in [0.4, 0.5) is 13.2 Å². The molecule has 0 unspecified atom stereocenters. The maximum Gasteiger partial charge on any atom is 0.506 e. The molecule has 2 aromatic carbocycles. The van der Waals surface area contributed by atoms with E-state index in [-0.39, 0.29) is 16.9 Å². The van der Waals surface area contributed by atoms with E-state index in [0.717, 1.165) is 5.56 Å². The third-order valence-corrected chi connectivity index (χ3v) is 3.84. The summed E-state index contributed by atoms with van der Waals surface area (Å²) in [7, 11) is 0. The molecule has 140 valence electrons. The number of alkyl halides is 3. The number of aryl methyl sites for hydroxylation is 1. The van der Waals surface area contributed by atoms with Crippen molar-refractivity contribution in [2.24, 2.45) is 0 Å². The Balaban J connectivity index is 1.74. The summed E-state index contributed by atoms with van der Waals surface area (Å²) in [6, 6.07) is 17.3. The molecule has 1 heterocycles. The fraction of sp³-hybridized carbons (Fsp3) is 0.211. The molecule has 0 bridgehead atoms. The Morgan fingerprint density at radius 1 is 1.00 bits per heavy atom. The molecule has 0 saturated carbocycles. The molecule has 3 aromatic rings. The maximum absolute atomic E-state index is 13.2. The summed E-state index contributed by atoms with van der Waals surface area (Å²) >= 11 is 0. The zero-order chi connectivity index (χ0) is 19.3. The van der Waals surface area contributed by atoms with Crippen molar-refractivity contribution in [3.05, 3.63) is 71.9 Å². The van der Waals surface area contributed by atoms with Gasteiger partial charge in [-0.05, 0) is 18.4 Å². The summed E-state index contributed by atoms with van der Waals surface area (Å²) in [5.74, 6) is -0.933. The highest BCUT2D eigenvalue weighted by Gasteiger charge is 2.38. The second-order valence-electron chi connectivity index (χ2n) is 5.76. The molecule has 0 aliphatic heterocycles. The van der Waals surface area contributed by atoms with Gasteiger partial charge in [-0.15, -0.1) is 23.0 Å². The highest BCUT2D eigenvalue weighted by molar-refractivity contribution is 5.94. The lowest BCUT2D eigenvalue weighted by molar-refractivity contribution is -0.211. The number of aromatic nitrogens is 3. The summed E-state index contributed by atoms with van der Waals surface area (Å²) in [6.07, 6.45) is -3.57. The van der Waals surface area contributed by atoms with Crippen molar-refractivity contribution in [1.29, 1.82) is 0 Å². The van der Waals surface area contributed by atoms with E-state index in [1.807, 2.05) is 30.3 Å². The Morgan fingerprint density at radius 3 is 2.26 bits per heavy atom. The van der Waals surface area contributed by atoms with Crippen LogP contribution in [0.15, 0.2) is 60.7 Å². The van der Waals surface area contributed by atoms with Gasteiger partial charge in [0.25, 0.3) is 0 Å². The van der Waals surface area contributed by atoms with Crippen molar-refractivity contribution in [3.63, 3.8) is 0 Å². The number of benzene rings is 2. The van der Waals surface area contributed by atoms with Crippen LogP contribution in [0.1, 0.15) is 22.5 Å². The van der Waals surface area contributed by atoms with E-state index < -0.39 is 23.7 Å². The standard InChI is InChI=1S/C19H16F3N3O2/c20-19(21,22)25-17(15-11-5-2-6-12-15)16(23-24-25)18(26)27-13-7-10-14-8-3-1-4-9-14/h1-6,8-9,11-12H,7,10,13H2. The fourth-order valence-corrected chi connectivity index (χ4v) is 2.61. The van der Waals surface area contributed by atoms with Crippen LogP contribution in [0.3, 0.4) is 0 Å². The molecule has 0 spiro atoms. The Kier molecular flexibility index (Phi) is 5.54. The Labute approximate surface area is 153 Å². The molecule has 0 saturated heterocycles. The first kappa shape index (κ1) is 18.6. The van der Waals surface area contributed by atoms with Crippen LogP contribution < -0.4 is 0 Å². The number of esters is 1. The quantitative estimate of drug-likeness (QED) is 0.478. The van der Waals surface area contributed by atoms with Crippen molar-refractivity contribution in [2.45, 2.75) is 19.1 Å². The van der Waals surface area contributed by atoms with Crippen molar-refractivity contribution in [2.75, 3.05) is 6.61 Å². The second kappa shape index (κ2) is 8.03. The number of carbonyl (C=O) groups excluding carboxylic acids is 1. The van der Waals surface area contributed by atoms with Gasteiger partial charge in [-0.3, -0.25) is 0 Å². The van der Waals surface area contributed by atoms with Crippen molar-refractivity contribution < 1.29 is 22.7 Å². The van der Waals surface area contributed by atoms with Gasteiger partial charge < -0.3 is 4.74 Å². The summed E-state index contributed by atoms with van der Waals surface area (Å²) in [6.45, 7) is 0.0703. The van der Waals surface area contributed by atoms with E-state index in [4.69, 9.17) is 4.74 Å². The molecule has 5 nitrogen and oxygen atoms in total. The minimum atomic E-state index is -4.80. The molecule has 0 radical (unpaired) electrons. The van der Waals surface area contributed by atoms with Crippen molar-refractivity contribution in [3.8, 4) is 11.3 Å². The molecule has 0 aliphatic carbocycles. The van der Waals surface area contributed by atoms with Crippen LogP contribution in [-0.4, -0.2) is 27.6 Å². The first-order valence-electron chi connectivity index (χ1n) is 8.26. The van der Waals surface area contributed by atoms with Gasteiger partial charge in [-0.25, -0.2) is 4.79 Å². The van der Waals surface area contributed by atoms with E-state index in [9.17, 15) is 18.0 Å². The Hall–Kier alpha value is -3.16. The third kappa shape index (κ3) is 4.52. The molecule has 0 amide bonds. The van der Waals surface area contributed by atoms with E-state index in [1.54, 1.807) is 18.2 Å². The summed E-state index contributed by atoms with van der Waals surface area (Å²) in [5.41, 5.74) is 0.368. The van der Waals surface area contributed by atoms with Crippen LogP contribution in [0.5, 0.6) is 0 Å². The van der Waals surface area contributed by atoms with Gasteiger partial charge in [0, 0.05) is 5.56 Å². The molecule has 0 atom stereocenters. The zero-order valence-electron chi connectivity index (χ0n) is 14.2. The molecule has 0 fully saturated rings. The van der Waals surface area contributed by atoms with Gasteiger partial charge in [0.05, 0.1) is 6.61 Å². The minimum Gasteiger partial charge on any atom is -0.461 e. The van der Waals surface area contributed by atoms with E-state index >= 15 is 0 Å². The van der Waals surface area contributed by atoms with Crippen molar-refractivity contribution >= 4 is 5.97 Å². The van der Waals surface area contributed by atoms with Crippen LogP contribution in [0.2, 0.25) is 0 Å². The number of nitrogens with zero attached hydrogens (tertiary/aromatic N) is 3. The second-order valence-corrected chi connectivity index (χ2v) is 5.76. The van der Waals surface area contributed by atoms with Gasteiger partial charge in [0.2, 0.25) is 0 Å². The smallest absolute Gasteiger partial charge is 0.461 e. The Morgan fingerprint density at radius 2 is 1.63 bits per heavy atom. The molecule has 0 aliphatic rings. The molecule has 8 heteroatoms. The molecule has 0 N–H and O–H groups in total. The van der Waals surface area contributed by atoms with Gasteiger partial charge in [-0.2, -0.15) is 0 Å². The van der Waals surface area contributed by atoms with Gasteiger partial charge in [0.15, 0.2) is 5.69 Å². The minimum absolute atomic E-state index is 0.0703. The highest BCUT2D eigenvalue weighted by Crippen LogP contribution is 2.31. The lowest BCUT2D eigenvalue weighted by atomic mass is 10.1. The molecule has 1 aromatic heterocycles. The monoisotopic (exact) mass is 375 g/mol. The number of hydrogen-bond acceptors (Lipinski definition) is 4. The van der Waals surface area contributed by atoms with E-state index in [1.165, 1.54) is 12.1 Å². The molecule has 3 rings (SSSR count). The number of carbonyl (C=O) groups is 1. The van der Waals surface area contributed by atoms with Crippen molar-refractivity contribution in [1.82, 2.24) is 15.0 Å². The van der Waals surface area contributed by atoms with Gasteiger partial charge in [0.1, 0.15) is 5.69 Å². The predicted molar refractivity (Wildman–Crippen MR) is 91.8 cm³/mol. The summed E-state index contributed by atoms with van der Waals surface area (Å²) in [5, 5.41) is 6.52. The van der Waals surface area contributed by atoms with Gasteiger partial charge >= 0.3 is 12.3 Å². The topological polar surface area (TPSA) is 57.0 Å². The third-order valence-electron chi connectivity index (χ3n) is 3.84. The number of hydrogen-bond donors (Lipinski definition) is 0. The van der Waals surface area contributed by atoms with Crippen LogP contribution in [0, 0.1) is 0 Å². The zero-order valence-corrected chi connectivity index (χ0v) is 14.2. The highest BCUT2D eigenvalue weighted by atomic mass is 19.4. The maximum atomic E-state index is 13.2. The van der Waals surface area contributed by atoms with Gasteiger partial charge in [-0.1, -0.05) is 65.9 Å². The normalized spacial score (nSPS) is 11.4. The first-order valence-corrected chi connectivity index (χ1v) is 8.26. The first-order chi connectivity index (χ1) is 13.0. The lowest BCUT2D eigenvalue weighted by Gasteiger charge is -2.10. The summed E-state index contributed by atoms with van der Waals surface area (Å²) < 4.78 is 44.5. The van der Waals surface area contributed by atoms with E-state index in [0.29, 0.717) is 12.8 Å². The Bertz CT molecular complexity index is 894. The largest absolute Gasteiger partial charge is 0.506 e. The number of rotatable bonds is 6. The van der Waals surface area contributed by atoms with Crippen LogP contribution >= 0.6 is 0 Å². The fourth-order valence-electron chi connectivity index (χ4n) is 2.61. The number of ether oxygens (including phenoxy) is 1. The SMILES string of the molecule is O=C(OCCCc1ccccc1)c1nnn(C(F)(F)F)c1-c1ccccc1. The van der Waals surface area contributed by atoms with E-state index in [2.05, 4.69) is 10.3 Å². The van der Waals surface area contributed by atoms with Crippen LogP contribution in [0.25, 0.3) is 11.3 Å². The summed E-state index contributed by atoms with van der Waals surface area (Å²) in [4.78, 5) is 12.3. The molecular formula is C19H16F3N3O2. The molecular weight excluding hydrogens is 359 g/mol. The average molecular weight is 375 g/mol. The average Bonchev–Trinajstić information content (AvgIpc) is 3.12. The predicted octanol–water partition coefficient (Wildman–Crippen LogP) is 4.21. The molecule has 27 heavy (non-hydrogen) atoms. The number of halogens is 3.